The molecule has 1 aromatic carbocycles. The van der Waals surface area contributed by atoms with Crippen molar-refractivity contribution in [2.45, 2.75) is 26.3 Å². The summed E-state index contributed by atoms with van der Waals surface area (Å²) in [7, 11) is 4.95. The molecule has 0 saturated carbocycles. The first-order valence-electron chi connectivity index (χ1n) is 5.65. The lowest BCUT2D eigenvalue weighted by Crippen LogP contribution is -2.14. The monoisotopic (exact) mass is 239 g/mol. The van der Waals surface area contributed by atoms with Gasteiger partial charge in [-0.3, -0.25) is 0 Å². The van der Waals surface area contributed by atoms with Crippen LogP contribution in [0.1, 0.15) is 30.9 Å². The molecule has 1 aromatic rings. The molecular formula is C13H21NO3. The molecule has 4 heteroatoms. The van der Waals surface area contributed by atoms with E-state index in [1.54, 1.807) is 21.3 Å². The molecule has 4 nitrogen and oxygen atoms in total. The smallest absolute Gasteiger partial charge is 0.123 e. The Morgan fingerprint density at radius 1 is 1.06 bits per heavy atom. The number of hydroxylamine groups is 1. The fourth-order valence-electron chi connectivity index (χ4n) is 1.95. The van der Waals surface area contributed by atoms with Gasteiger partial charge in [-0.05, 0) is 18.1 Å². The first-order chi connectivity index (χ1) is 8.15. The summed E-state index contributed by atoms with van der Waals surface area (Å²) in [5, 5.41) is 0. The summed E-state index contributed by atoms with van der Waals surface area (Å²) in [5.74, 6) is 2.08. The van der Waals surface area contributed by atoms with Gasteiger partial charge in [0.1, 0.15) is 11.5 Å². The highest BCUT2D eigenvalue weighted by Crippen LogP contribution is 2.35. The third-order valence-electron chi connectivity index (χ3n) is 2.68. The summed E-state index contributed by atoms with van der Waals surface area (Å²) in [6.07, 6.45) is 0. The molecule has 17 heavy (non-hydrogen) atoms. The first-order valence-corrected chi connectivity index (χ1v) is 5.65. The van der Waals surface area contributed by atoms with Crippen LogP contribution in [0.15, 0.2) is 12.1 Å². The molecule has 0 amide bonds. The van der Waals surface area contributed by atoms with Crippen molar-refractivity contribution in [2.24, 2.45) is 0 Å². The topological polar surface area (TPSA) is 39.7 Å². The summed E-state index contributed by atoms with van der Waals surface area (Å²) in [4.78, 5) is 4.91. The van der Waals surface area contributed by atoms with E-state index in [2.05, 4.69) is 19.3 Å². The van der Waals surface area contributed by atoms with Gasteiger partial charge < -0.3 is 14.3 Å². The molecule has 0 aliphatic rings. The van der Waals surface area contributed by atoms with Crippen LogP contribution in [0.4, 0.5) is 0 Å². The van der Waals surface area contributed by atoms with Gasteiger partial charge in [0.2, 0.25) is 0 Å². The lowest BCUT2D eigenvalue weighted by atomic mass is 9.95. The summed E-state index contributed by atoms with van der Waals surface area (Å²) in [5.41, 5.74) is 5.07. The Bertz CT molecular complexity index is 364. The predicted molar refractivity (Wildman–Crippen MR) is 67.5 cm³/mol. The van der Waals surface area contributed by atoms with E-state index in [4.69, 9.17) is 14.3 Å². The highest BCUT2D eigenvalue weighted by Gasteiger charge is 2.17. The minimum absolute atomic E-state index is 0.355. The number of hydrogen-bond acceptors (Lipinski definition) is 4. The summed E-state index contributed by atoms with van der Waals surface area (Å²) >= 11 is 0. The van der Waals surface area contributed by atoms with Gasteiger partial charge in [-0.15, -0.1) is 0 Å². The molecule has 96 valence electrons. The maximum absolute atomic E-state index is 5.40. The Morgan fingerprint density at radius 2 is 1.65 bits per heavy atom. The van der Waals surface area contributed by atoms with E-state index < -0.39 is 0 Å². The molecule has 0 unspecified atom stereocenters. The van der Waals surface area contributed by atoms with E-state index >= 15 is 0 Å². The molecule has 0 bridgehead atoms. The van der Waals surface area contributed by atoms with Gasteiger partial charge in [0.05, 0.1) is 27.9 Å². The van der Waals surface area contributed by atoms with Gasteiger partial charge in [-0.1, -0.05) is 13.8 Å². The minimum atomic E-state index is 0.355. The zero-order chi connectivity index (χ0) is 12.8. The van der Waals surface area contributed by atoms with Crippen LogP contribution in [-0.4, -0.2) is 21.3 Å². The summed E-state index contributed by atoms with van der Waals surface area (Å²) < 4.78 is 10.8. The molecule has 0 heterocycles. The van der Waals surface area contributed by atoms with Crippen LogP contribution in [0.5, 0.6) is 11.5 Å². The fourth-order valence-corrected chi connectivity index (χ4v) is 1.95. The molecule has 0 aliphatic heterocycles. The van der Waals surface area contributed by atoms with Crippen molar-refractivity contribution in [1.82, 2.24) is 5.48 Å². The van der Waals surface area contributed by atoms with Crippen molar-refractivity contribution in [3.8, 4) is 11.5 Å². The highest BCUT2D eigenvalue weighted by atomic mass is 16.6. The lowest BCUT2D eigenvalue weighted by Gasteiger charge is -2.19. The largest absolute Gasteiger partial charge is 0.496 e. The second kappa shape index (κ2) is 6.47. The van der Waals surface area contributed by atoms with Crippen molar-refractivity contribution in [2.75, 3.05) is 21.3 Å². The number of benzene rings is 1. The van der Waals surface area contributed by atoms with Gasteiger partial charge in [-0.2, -0.15) is 5.48 Å². The van der Waals surface area contributed by atoms with Gasteiger partial charge in [0, 0.05) is 11.1 Å². The molecule has 1 rings (SSSR count). The van der Waals surface area contributed by atoms with E-state index in [1.807, 2.05) is 12.1 Å². The van der Waals surface area contributed by atoms with Gasteiger partial charge in [0.25, 0.3) is 0 Å². The van der Waals surface area contributed by atoms with Crippen molar-refractivity contribution in [1.29, 1.82) is 0 Å². The third kappa shape index (κ3) is 3.11. The maximum atomic E-state index is 5.40. The first kappa shape index (κ1) is 13.8. The standard InChI is InChI=1S/C13H21NO3/c1-9(2)13-10(8-14-17-5)11(15-3)6-7-12(13)16-4/h6-7,9,14H,8H2,1-5H3. The SMILES string of the molecule is CONCc1c(OC)ccc(OC)c1C(C)C. The molecule has 0 atom stereocenters. The Kier molecular flexibility index (Phi) is 5.25. The van der Waals surface area contributed by atoms with Crippen molar-refractivity contribution < 1.29 is 14.3 Å². The van der Waals surface area contributed by atoms with E-state index in [1.165, 1.54) is 0 Å². The second-order valence-corrected chi connectivity index (χ2v) is 4.04. The van der Waals surface area contributed by atoms with Gasteiger partial charge >= 0.3 is 0 Å². The Labute approximate surface area is 103 Å². The van der Waals surface area contributed by atoms with Gasteiger partial charge in [-0.25, -0.2) is 0 Å². The predicted octanol–water partition coefficient (Wildman–Crippen LogP) is 2.48. The molecule has 0 aliphatic carbocycles. The Hall–Kier alpha value is -1.26. The fraction of sp³-hybridized carbons (Fsp3) is 0.538. The molecule has 1 N–H and O–H groups in total. The minimum Gasteiger partial charge on any atom is -0.496 e. The lowest BCUT2D eigenvalue weighted by molar-refractivity contribution is 0.0858. The molecular weight excluding hydrogens is 218 g/mol. The van der Waals surface area contributed by atoms with Crippen LogP contribution in [0.25, 0.3) is 0 Å². The third-order valence-corrected chi connectivity index (χ3v) is 2.68. The quantitative estimate of drug-likeness (QED) is 0.774. The second-order valence-electron chi connectivity index (χ2n) is 4.04. The van der Waals surface area contributed by atoms with Crippen LogP contribution in [0, 0.1) is 0 Å². The van der Waals surface area contributed by atoms with Crippen molar-refractivity contribution in [3.05, 3.63) is 23.3 Å². The van der Waals surface area contributed by atoms with Crippen molar-refractivity contribution in [3.63, 3.8) is 0 Å². The average Bonchev–Trinajstić information content (AvgIpc) is 2.34. The zero-order valence-electron chi connectivity index (χ0n) is 11.2. The number of ether oxygens (including phenoxy) is 2. The normalized spacial score (nSPS) is 10.7. The molecule has 0 radical (unpaired) electrons. The average molecular weight is 239 g/mol. The van der Waals surface area contributed by atoms with Crippen LogP contribution in [-0.2, 0) is 11.4 Å². The van der Waals surface area contributed by atoms with E-state index in [0.717, 1.165) is 22.6 Å². The molecule has 0 saturated heterocycles. The van der Waals surface area contributed by atoms with Gasteiger partial charge in [0.15, 0.2) is 0 Å². The van der Waals surface area contributed by atoms with E-state index in [9.17, 15) is 0 Å². The zero-order valence-corrected chi connectivity index (χ0v) is 11.2. The highest BCUT2D eigenvalue weighted by molar-refractivity contribution is 5.50. The van der Waals surface area contributed by atoms with Crippen LogP contribution in [0.2, 0.25) is 0 Å². The maximum Gasteiger partial charge on any atom is 0.123 e. The summed E-state index contributed by atoms with van der Waals surface area (Å²) in [6, 6.07) is 3.85. The van der Waals surface area contributed by atoms with Crippen LogP contribution >= 0.6 is 0 Å². The van der Waals surface area contributed by atoms with E-state index in [0.29, 0.717) is 12.5 Å². The number of hydrogen-bond donors (Lipinski definition) is 1. The number of methoxy groups -OCH3 is 2. The number of nitrogens with one attached hydrogen (secondary N) is 1. The Morgan fingerprint density at radius 3 is 2.12 bits per heavy atom. The Balaban J connectivity index is 3.25. The number of rotatable bonds is 6. The van der Waals surface area contributed by atoms with E-state index in [-0.39, 0.29) is 0 Å². The van der Waals surface area contributed by atoms with Crippen LogP contribution < -0.4 is 15.0 Å². The van der Waals surface area contributed by atoms with Crippen LogP contribution in [0.3, 0.4) is 0 Å². The molecule has 0 spiro atoms. The molecule has 0 aromatic heterocycles. The van der Waals surface area contributed by atoms with Crippen molar-refractivity contribution >= 4 is 0 Å². The summed E-state index contributed by atoms with van der Waals surface area (Å²) in [6.45, 7) is 4.85. The molecule has 0 fully saturated rings.